The van der Waals surface area contributed by atoms with Gasteiger partial charge in [-0.05, 0) is 32.3 Å². The molecule has 1 unspecified atom stereocenters. The van der Waals surface area contributed by atoms with Crippen LogP contribution in [-0.2, 0) is 4.74 Å². The number of hydrogen-bond donors (Lipinski definition) is 1. The van der Waals surface area contributed by atoms with Crippen LogP contribution >= 0.6 is 0 Å². The van der Waals surface area contributed by atoms with Crippen molar-refractivity contribution in [3.8, 4) is 0 Å². The van der Waals surface area contributed by atoms with Crippen LogP contribution in [-0.4, -0.2) is 42.2 Å². The molecule has 0 aromatic heterocycles. The van der Waals surface area contributed by atoms with Gasteiger partial charge in [-0.25, -0.2) is 13.6 Å². The van der Waals surface area contributed by atoms with E-state index in [0.29, 0.717) is 0 Å². The molecule has 1 atom stereocenters. The maximum atomic E-state index is 13.7. The monoisotopic (exact) mass is 278 g/mol. The first-order valence-electron chi connectivity index (χ1n) is 6.38. The fourth-order valence-electron chi connectivity index (χ4n) is 2.00. The zero-order valence-corrected chi connectivity index (χ0v) is 11.7. The third kappa shape index (κ3) is 4.72. The molecule has 1 aliphatic rings. The summed E-state index contributed by atoms with van der Waals surface area (Å²) in [5.41, 5.74) is 4.36. The summed E-state index contributed by atoms with van der Waals surface area (Å²) in [4.78, 5) is 13.2. The number of rotatable bonds is 3. The van der Waals surface area contributed by atoms with Crippen LogP contribution in [0.4, 0.5) is 13.6 Å². The Morgan fingerprint density at radius 1 is 1.53 bits per heavy atom. The predicted molar refractivity (Wildman–Crippen MR) is 64.7 cm³/mol. The van der Waals surface area contributed by atoms with Crippen molar-refractivity contribution in [3.05, 3.63) is 0 Å². The van der Waals surface area contributed by atoms with Crippen molar-refractivity contribution in [2.45, 2.75) is 45.1 Å². The number of piperidine rings is 1. The Hall–Kier alpha value is -1.27. The first kappa shape index (κ1) is 15.8. The van der Waals surface area contributed by atoms with Gasteiger partial charge in [0.05, 0.1) is 0 Å². The second kappa shape index (κ2) is 5.79. The van der Waals surface area contributed by atoms with Gasteiger partial charge in [-0.15, -0.1) is 0 Å². The predicted octanol–water partition coefficient (Wildman–Crippen LogP) is 1.48. The molecule has 2 N–H and O–H groups in total. The van der Waals surface area contributed by atoms with Crippen LogP contribution in [0, 0.1) is 5.92 Å². The summed E-state index contributed by atoms with van der Waals surface area (Å²) in [6.45, 7) is 5.40. The van der Waals surface area contributed by atoms with E-state index in [1.54, 1.807) is 20.8 Å². The van der Waals surface area contributed by atoms with Crippen LogP contribution in [0.3, 0.4) is 0 Å². The lowest BCUT2D eigenvalue weighted by molar-refractivity contribution is -0.223. The molecule has 1 rings (SSSR count). The maximum Gasteiger partial charge on any atom is 0.410 e. The largest absolute Gasteiger partial charge is 0.444 e. The lowest BCUT2D eigenvalue weighted by atomic mass is 9.91. The Labute approximate surface area is 111 Å². The van der Waals surface area contributed by atoms with E-state index in [4.69, 9.17) is 10.3 Å². The Morgan fingerprint density at radius 2 is 2.16 bits per heavy atom. The van der Waals surface area contributed by atoms with E-state index in [1.807, 2.05) is 0 Å². The van der Waals surface area contributed by atoms with Crippen molar-refractivity contribution in [2.75, 3.05) is 19.6 Å². The number of hydrogen-bond acceptors (Lipinski definition) is 3. The SMILES string of the molecule is CC(C)(C)OC(=O)N1CCC(F)(F)C(CCN=[NH2+])C1. The van der Waals surface area contributed by atoms with Crippen molar-refractivity contribution in [1.29, 1.82) is 0 Å². The molecule has 7 heteroatoms. The molecule has 0 radical (unpaired) electrons. The molecule has 0 spiro atoms. The van der Waals surface area contributed by atoms with Crippen LogP contribution in [0.1, 0.15) is 33.6 Å². The van der Waals surface area contributed by atoms with E-state index < -0.39 is 23.5 Å². The van der Waals surface area contributed by atoms with Crippen LogP contribution in [0.2, 0.25) is 0 Å². The fraction of sp³-hybridized carbons (Fsp3) is 0.917. The number of nitrogens with zero attached hydrogens (tertiary/aromatic N) is 2. The normalized spacial score (nSPS) is 23.0. The summed E-state index contributed by atoms with van der Waals surface area (Å²) in [7, 11) is 0. The van der Waals surface area contributed by atoms with Crippen molar-refractivity contribution in [3.63, 3.8) is 0 Å². The quantitative estimate of drug-likeness (QED) is 0.795. The van der Waals surface area contributed by atoms with Crippen LogP contribution < -0.4 is 5.53 Å². The van der Waals surface area contributed by atoms with Crippen LogP contribution in [0.25, 0.3) is 0 Å². The highest BCUT2D eigenvalue weighted by Gasteiger charge is 2.45. The zero-order valence-electron chi connectivity index (χ0n) is 11.7. The summed E-state index contributed by atoms with van der Waals surface area (Å²) in [6.07, 6.45) is -0.720. The minimum absolute atomic E-state index is 0.0121. The lowest BCUT2D eigenvalue weighted by Gasteiger charge is -2.38. The summed E-state index contributed by atoms with van der Waals surface area (Å²) >= 11 is 0. The molecular weight excluding hydrogens is 256 g/mol. The molecule has 19 heavy (non-hydrogen) atoms. The van der Waals surface area contributed by atoms with Crippen molar-refractivity contribution < 1.29 is 23.8 Å². The number of halogens is 2. The average molecular weight is 278 g/mol. The zero-order chi connectivity index (χ0) is 14.7. The van der Waals surface area contributed by atoms with Gasteiger partial charge >= 0.3 is 6.09 Å². The summed E-state index contributed by atoms with van der Waals surface area (Å²) in [6, 6.07) is 0. The van der Waals surface area contributed by atoms with Gasteiger partial charge in [0.25, 0.3) is 5.92 Å². The number of carbonyl (C=O) groups is 1. The number of nitrogens with two attached hydrogens (primary N) is 1. The minimum Gasteiger partial charge on any atom is -0.444 e. The molecule has 0 bridgehead atoms. The molecule has 5 nitrogen and oxygen atoms in total. The number of carbonyl (C=O) groups excluding carboxylic acids is 1. The Bertz CT molecular complexity index is 342. The van der Waals surface area contributed by atoms with Crippen molar-refractivity contribution >= 4 is 6.09 Å². The molecule has 110 valence electrons. The Morgan fingerprint density at radius 3 is 2.68 bits per heavy atom. The van der Waals surface area contributed by atoms with E-state index >= 15 is 0 Å². The first-order valence-corrected chi connectivity index (χ1v) is 6.38. The van der Waals surface area contributed by atoms with Gasteiger partial charge in [-0.3, -0.25) is 0 Å². The first-order chi connectivity index (χ1) is 8.65. The average Bonchev–Trinajstić information content (AvgIpc) is 2.24. The van der Waals surface area contributed by atoms with Crippen LogP contribution in [0.15, 0.2) is 5.11 Å². The van der Waals surface area contributed by atoms with Crippen LogP contribution in [0.5, 0.6) is 0 Å². The summed E-state index contributed by atoms with van der Waals surface area (Å²) in [5, 5.41) is 3.36. The molecule has 0 saturated carbocycles. The van der Waals surface area contributed by atoms with Crippen molar-refractivity contribution in [1.82, 2.24) is 4.90 Å². The van der Waals surface area contributed by atoms with E-state index in [0.717, 1.165) is 0 Å². The van der Waals surface area contributed by atoms with E-state index in [9.17, 15) is 13.6 Å². The molecule has 1 saturated heterocycles. The van der Waals surface area contributed by atoms with Gasteiger partial charge in [0.1, 0.15) is 12.1 Å². The van der Waals surface area contributed by atoms with Gasteiger partial charge in [0, 0.05) is 25.4 Å². The lowest BCUT2D eigenvalue weighted by Crippen LogP contribution is -2.50. The Kier molecular flexibility index (Phi) is 4.81. The van der Waals surface area contributed by atoms with Gasteiger partial charge < -0.3 is 9.64 Å². The number of alkyl halides is 2. The van der Waals surface area contributed by atoms with E-state index in [1.165, 1.54) is 4.90 Å². The third-order valence-corrected chi connectivity index (χ3v) is 3.01. The topological polar surface area (TPSA) is 67.5 Å². The van der Waals surface area contributed by atoms with Gasteiger partial charge in [-0.2, -0.15) is 5.53 Å². The molecule has 1 amide bonds. The molecule has 0 aliphatic carbocycles. The van der Waals surface area contributed by atoms with E-state index in [2.05, 4.69) is 5.11 Å². The fourth-order valence-corrected chi connectivity index (χ4v) is 2.00. The summed E-state index contributed by atoms with van der Waals surface area (Å²) < 4.78 is 32.6. The molecular formula is C12H22F2N3O2+. The molecule has 0 aromatic carbocycles. The standard InChI is InChI=1S/C12H21F2N3O2/c1-11(2,3)19-10(18)17-7-5-12(13,14)9(8-17)4-6-16-15/h9,15H,4-8H2,1-3H3/p+1. The van der Waals surface area contributed by atoms with Gasteiger partial charge in [0.15, 0.2) is 0 Å². The summed E-state index contributed by atoms with van der Waals surface area (Å²) in [5.74, 6) is -3.69. The highest BCUT2D eigenvalue weighted by molar-refractivity contribution is 5.68. The highest BCUT2D eigenvalue weighted by atomic mass is 19.3. The second-order valence-electron chi connectivity index (χ2n) is 5.83. The highest BCUT2D eigenvalue weighted by Crippen LogP contribution is 2.35. The maximum absolute atomic E-state index is 13.7. The van der Waals surface area contributed by atoms with E-state index in [-0.39, 0.29) is 32.5 Å². The molecule has 1 heterocycles. The van der Waals surface area contributed by atoms with Gasteiger partial charge in [0.2, 0.25) is 0 Å². The third-order valence-electron chi connectivity index (χ3n) is 3.01. The van der Waals surface area contributed by atoms with Crippen molar-refractivity contribution in [2.24, 2.45) is 11.0 Å². The number of ether oxygens (including phenoxy) is 1. The van der Waals surface area contributed by atoms with Gasteiger partial charge in [-0.1, -0.05) is 0 Å². The smallest absolute Gasteiger partial charge is 0.410 e. The molecule has 1 aliphatic heterocycles. The number of amides is 1. The second-order valence-corrected chi connectivity index (χ2v) is 5.83. The minimum atomic E-state index is -2.77. The Balaban J connectivity index is 2.64. The molecule has 1 fully saturated rings. The number of likely N-dealkylation sites (tertiary alicyclic amines) is 1. The molecule has 0 aromatic rings.